The minimum Gasteiger partial charge on any atom is -0.507 e. The van der Waals surface area contributed by atoms with Crippen molar-refractivity contribution >= 4 is 11.6 Å². The van der Waals surface area contributed by atoms with Crippen molar-refractivity contribution < 1.29 is 39.1 Å². The summed E-state index contributed by atoms with van der Waals surface area (Å²) in [6.07, 6.45) is 4.68. The number of phenols is 1. The lowest BCUT2D eigenvalue weighted by atomic mass is 9.77. The zero-order chi connectivity index (χ0) is 35.8. The summed E-state index contributed by atoms with van der Waals surface area (Å²) in [7, 11) is 1.61. The number of aromatic hydroxyl groups is 1. The normalized spacial score (nSPS) is 29.0. The van der Waals surface area contributed by atoms with Crippen molar-refractivity contribution in [3.05, 3.63) is 28.8 Å². The first kappa shape index (κ1) is 40.5. The van der Waals surface area contributed by atoms with Gasteiger partial charge in [0.2, 0.25) is 0 Å². The summed E-state index contributed by atoms with van der Waals surface area (Å²) in [5.41, 5.74) is 0.715. The Morgan fingerprint density at radius 3 is 2.40 bits per heavy atom. The van der Waals surface area contributed by atoms with Gasteiger partial charge in [-0.25, -0.2) is 0 Å². The summed E-state index contributed by atoms with van der Waals surface area (Å²) in [6.45, 7) is 16.8. The van der Waals surface area contributed by atoms with Gasteiger partial charge in [-0.05, 0) is 101 Å². The summed E-state index contributed by atoms with van der Waals surface area (Å²) < 4.78 is 18.5. The average molecular weight is 676 g/mol. The standard InChI is InChI=1S/C39H65NO8/c1-10-30(37-26(6)22-39(12-3,48-37)32-19-20-38(11-2,47-32)28(8)41)36(45)27(7)34(43)24(4)15-17-29-18-16-25(5)35(44)33(29)31(42)14-13-21-40-23-46-9/h16,18,24,26-28,30,32,34,37,40-41,43-44H,10-15,17,19-23H2,1-9H3. The summed E-state index contributed by atoms with van der Waals surface area (Å²) in [5, 5.41) is 35.9. The van der Waals surface area contributed by atoms with Gasteiger partial charge in [0.1, 0.15) is 11.5 Å². The topological polar surface area (TPSA) is 135 Å². The number of methoxy groups -OCH3 is 1. The molecule has 0 saturated carbocycles. The van der Waals surface area contributed by atoms with Crippen LogP contribution in [-0.4, -0.2) is 82.9 Å². The lowest BCUT2D eigenvalue weighted by Gasteiger charge is -2.38. The van der Waals surface area contributed by atoms with Crippen molar-refractivity contribution in [3.8, 4) is 5.75 Å². The van der Waals surface area contributed by atoms with Crippen LogP contribution >= 0.6 is 0 Å². The molecule has 10 atom stereocenters. The molecule has 3 rings (SSSR count). The van der Waals surface area contributed by atoms with E-state index in [4.69, 9.17) is 14.2 Å². The molecule has 2 heterocycles. The van der Waals surface area contributed by atoms with Crippen LogP contribution < -0.4 is 5.32 Å². The summed E-state index contributed by atoms with van der Waals surface area (Å²) in [6, 6.07) is 3.72. The number of aliphatic hydroxyl groups is 2. The molecule has 1 aromatic carbocycles. The third-order valence-electron chi connectivity index (χ3n) is 11.7. The molecule has 1 aromatic rings. The van der Waals surface area contributed by atoms with Crippen LogP contribution in [0, 0.1) is 30.6 Å². The van der Waals surface area contributed by atoms with E-state index in [1.807, 2.05) is 32.9 Å². The highest BCUT2D eigenvalue weighted by Gasteiger charge is 2.57. The van der Waals surface area contributed by atoms with Crippen LogP contribution in [0.2, 0.25) is 0 Å². The maximum Gasteiger partial charge on any atom is 0.166 e. The number of benzene rings is 1. The van der Waals surface area contributed by atoms with Crippen LogP contribution in [0.3, 0.4) is 0 Å². The second-order valence-electron chi connectivity index (χ2n) is 14.9. The fourth-order valence-electron chi connectivity index (χ4n) is 8.33. The Morgan fingerprint density at radius 1 is 1.10 bits per heavy atom. The van der Waals surface area contributed by atoms with E-state index >= 15 is 0 Å². The third-order valence-corrected chi connectivity index (χ3v) is 11.7. The second kappa shape index (κ2) is 17.9. The van der Waals surface area contributed by atoms with Gasteiger partial charge in [-0.3, -0.25) is 14.9 Å². The number of aryl methyl sites for hydroxylation is 2. The molecule has 0 aromatic heterocycles. The van der Waals surface area contributed by atoms with E-state index in [0.717, 1.165) is 37.7 Å². The number of ether oxygens (including phenoxy) is 3. The first-order chi connectivity index (χ1) is 22.7. The monoisotopic (exact) mass is 675 g/mol. The van der Waals surface area contributed by atoms with Gasteiger partial charge in [0.15, 0.2) is 5.78 Å². The Bertz CT molecular complexity index is 1200. The van der Waals surface area contributed by atoms with E-state index in [-0.39, 0.29) is 47.3 Å². The molecular formula is C39H65NO8. The summed E-state index contributed by atoms with van der Waals surface area (Å²) >= 11 is 0. The van der Waals surface area contributed by atoms with Crippen LogP contribution in [-0.2, 0) is 25.4 Å². The molecule has 9 heteroatoms. The summed E-state index contributed by atoms with van der Waals surface area (Å²) in [5.74, 6) is -1.06. The van der Waals surface area contributed by atoms with Crippen LogP contribution in [0.4, 0.5) is 0 Å². The number of hydrogen-bond acceptors (Lipinski definition) is 9. The van der Waals surface area contributed by atoms with Gasteiger partial charge in [0, 0.05) is 25.4 Å². The van der Waals surface area contributed by atoms with Crippen LogP contribution in [0.1, 0.15) is 128 Å². The zero-order valence-corrected chi connectivity index (χ0v) is 31.1. The molecule has 2 aliphatic heterocycles. The molecule has 2 saturated heterocycles. The first-order valence-electron chi connectivity index (χ1n) is 18.5. The van der Waals surface area contributed by atoms with Crippen LogP contribution in [0.5, 0.6) is 5.75 Å². The molecule has 0 spiro atoms. The SMILES string of the molecule is CCC(C(=O)C(C)C(O)C(C)CCc1ccc(C)c(O)c1C(=O)CCCNCOC)C1OC(CC)(C2CCC(CC)(C(C)O)O2)CC1C. The largest absolute Gasteiger partial charge is 0.507 e. The van der Waals surface area contributed by atoms with Crippen molar-refractivity contribution in [1.82, 2.24) is 5.32 Å². The van der Waals surface area contributed by atoms with Crippen LogP contribution in [0.15, 0.2) is 12.1 Å². The minimum absolute atomic E-state index is 0.0192. The Morgan fingerprint density at radius 2 is 1.81 bits per heavy atom. The molecule has 4 N–H and O–H groups in total. The van der Waals surface area contributed by atoms with E-state index in [9.17, 15) is 24.9 Å². The van der Waals surface area contributed by atoms with Gasteiger partial charge >= 0.3 is 0 Å². The molecule has 0 radical (unpaired) electrons. The number of rotatable bonds is 20. The molecule has 2 fully saturated rings. The number of phenolic OH excluding ortho intramolecular Hbond substituents is 1. The number of aliphatic hydroxyl groups excluding tert-OH is 2. The van der Waals surface area contributed by atoms with Gasteiger partial charge < -0.3 is 29.5 Å². The van der Waals surface area contributed by atoms with Crippen molar-refractivity contribution in [2.75, 3.05) is 20.4 Å². The van der Waals surface area contributed by atoms with E-state index in [2.05, 4.69) is 26.1 Å². The highest BCUT2D eigenvalue weighted by molar-refractivity contribution is 6.00. The molecule has 10 unspecified atom stereocenters. The van der Waals surface area contributed by atoms with E-state index in [0.29, 0.717) is 56.5 Å². The molecule has 274 valence electrons. The predicted molar refractivity (Wildman–Crippen MR) is 188 cm³/mol. The molecular weight excluding hydrogens is 610 g/mol. The molecule has 9 nitrogen and oxygen atoms in total. The highest BCUT2D eigenvalue weighted by Crippen LogP contribution is 2.50. The van der Waals surface area contributed by atoms with Gasteiger partial charge in [-0.2, -0.15) is 0 Å². The Kier molecular flexibility index (Phi) is 15.1. The average Bonchev–Trinajstić information content (AvgIpc) is 3.67. The fourth-order valence-corrected chi connectivity index (χ4v) is 8.33. The molecule has 0 amide bonds. The molecule has 0 aliphatic carbocycles. The number of hydrogen-bond donors (Lipinski definition) is 4. The van der Waals surface area contributed by atoms with Crippen LogP contribution in [0.25, 0.3) is 0 Å². The Hall–Kier alpha value is -1.88. The molecule has 0 bridgehead atoms. The summed E-state index contributed by atoms with van der Waals surface area (Å²) in [4.78, 5) is 27.3. The highest BCUT2D eigenvalue weighted by atomic mass is 16.6. The predicted octanol–water partition coefficient (Wildman–Crippen LogP) is 6.30. The number of carbonyl (C=O) groups is 2. The van der Waals surface area contributed by atoms with Crippen molar-refractivity contribution in [1.29, 1.82) is 0 Å². The lowest BCUT2D eigenvalue weighted by Crippen LogP contribution is -2.47. The van der Waals surface area contributed by atoms with E-state index < -0.39 is 29.3 Å². The first-order valence-corrected chi connectivity index (χ1v) is 18.5. The van der Waals surface area contributed by atoms with Crippen molar-refractivity contribution in [2.24, 2.45) is 23.7 Å². The smallest absolute Gasteiger partial charge is 0.166 e. The lowest BCUT2D eigenvalue weighted by molar-refractivity contribution is -0.188. The Balaban J connectivity index is 1.67. The third kappa shape index (κ3) is 8.88. The maximum absolute atomic E-state index is 14.1. The van der Waals surface area contributed by atoms with Gasteiger partial charge in [0.05, 0.1) is 47.9 Å². The van der Waals surface area contributed by atoms with Gasteiger partial charge in [-0.1, -0.05) is 53.7 Å². The quantitative estimate of drug-likeness (QED) is 0.0714. The number of ketones is 2. The number of nitrogens with one attached hydrogen (secondary N) is 1. The second-order valence-corrected chi connectivity index (χ2v) is 14.9. The zero-order valence-electron chi connectivity index (χ0n) is 31.1. The minimum atomic E-state index is -0.862. The van der Waals surface area contributed by atoms with Crippen molar-refractivity contribution in [2.45, 2.75) is 155 Å². The molecule has 2 aliphatic rings. The van der Waals surface area contributed by atoms with Gasteiger partial charge in [0.25, 0.3) is 0 Å². The van der Waals surface area contributed by atoms with E-state index in [1.54, 1.807) is 21.0 Å². The molecule has 48 heavy (non-hydrogen) atoms. The number of Topliss-reactive ketones (excluding diaryl/α,β-unsaturated/α-hetero) is 2. The Labute approximate surface area is 289 Å². The maximum atomic E-state index is 14.1. The van der Waals surface area contributed by atoms with E-state index in [1.165, 1.54) is 0 Å². The van der Waals surface area contributed by atoms with Crippen molar-refractivity contribution in [3.63, 3.8) is 0 Å². The fraction of sp³-hybridized carbons (Fsp3) is 0.795. The van der Waals surface area contributed by atoms with Gasteiger partial charge in [-0.15, -0.1) is 0 Å². The number of carbonyl (C=O) groups excluding carboxylic acids is 2.